The Morgan fingerprint density at radius 1 is 1.21 bits per heavy atom. The minimum absolute atomic E-state index is 0.441. The van der Waals surface area contributed by atoms with E-state index in [4.69, 9.17) is 9.72 Å². The first-order chi connectivity index (χ1) is 15.7. The number of carbonyl (C=O) groups is 1. The molecule has 6 nitrogen and oxygen atoms in total. The average molecular weight is 446 g/mol. The standard InChI is InChI=1S/C27H31N3O3/c1-17(20-8-9-20)23-10-11-24(18(2)29-23)33-22-12-13-28-25(15-22)30-21-7-5-6-19(14-21)16-27(3,4)26(31)32/h5-7,10-15,17,20H,8-9,16H2,1-4H3,(H,28,30)(H,31,32). The van der Waals surface area contributed by atoms with Crippen molar-refractivity contribution >= 4 is 17.5 Å². The van der Waals surface area contributed by atoms with E-state index in [0.29, 0.717) is 23.9 Å². The van der Waals surface area contributed by atoms with E-state index < -0.39 is 11.4 Å². The number of carboxylic acid groups (broad SMARTS) is 1. The van der Waals surface area contributed by atoms with Crippen molar-refractivity contribution in [2.24, 2.45) is 11.3 Å². The summed E-state index contributed by atoms with van der Waals surface area (Å²) in [6.07, 6.45) is 4.73. The lowest BCUT2D eigenvalue weighted by atomic mass is 9.86. The summed E-state index contributed by atoms with van der Waals surface area (Å²) >= 11 is 0. The number of aliphatic carboxylic acids is 1. The van der Waals surface area contributed by atoms with Crippen LogP contribution >= 0.6 is 0 Å². The van der Waals surface area contributed by atoms with Crippen molar-refractivity contribution in [3.63, 3.8) is 0 Å². The first kappa shape index (κ1) is 22.8. The molecule has 2 aromatic heterocycles. The van der Waals surface area contributed by atoms with E-state index in [2.05, 4.69) is 23.3 Å². The molecule has 0 bridgehead atoms. The fraction of sp³-hybridized carbons (Fsp3) is 0.370. The molecule has 172 valence electrons. The number of hydrogen-bond donors (Lipinski definition) is 2. The Bertz CT molecular complexity index is 1150. The van der Waals surface area contributed by atoms with Gasteiger partial charge in [0.05, 0.1) is 11.1 Å². The summed E-state index contributed by atoms with van der Waals surface area (Å²) in [6, 6.07) is 15.5. The fourth-order valence-corrected chi connectivity index (χ4v) is 3.93. The largest absolute Gasteiger partial charge is 0.481 e. The second-order valence-corrected chi connectivity index (χ2v) is 9.62. The molecule has 0 saturated heterocycles. The molecule has 0 radical (unpaired) electrons. The molecule has 3 aromatic rings. The molecule has 1 unspecified atom stereocenters. The van der Waals surface area contributed by atoms with Gasteiger partial charge < -0.3 is 15.2 Å². The van der Waals surface area contributed by atoms with E-state index in [9.17, 15) is 9.90 Å². The quantitative estimate of drug-likeness (QED) is 0.392. The van der Waals surface area contributed by atoms with E-state index in [1.807, 2.05) is 49.4 Å². The molecular weight excluding hydrogens is 414 g/mol. The van der Waals surface area contributed by atoms with E-state index >= 15 is 0 Å². The smallest absolute Gasteiger partial charge is 0.309 e. The molecule has 4 rings (SSSR count). The molecule has 1 aliphatic rings. The minimum Gasteiger partial charge on any atom is -0.481 e. The highest BCUT2D eigenvalue weighted by Crippen LogP contribution is 2.42. The predicted molar refractivity (Wildman–Crippen MR) is 129 cm³/mol. The van der Waals surface area contributed by atoms with Crippen molar-refractivity contribution in [2.75, 3.05) is 5.32 Å². The maximum absolute atomic E-state index is 11.5. The first-order valence-corrected chi connectivity index (χ1v) is 11.4. The van der Waals surface area contributed by atoms with E-state index in [1.165, 1.54) is 12.8 Å². The molecule has 1 saturated carbocycles. The summed E-state index contributed by atoms with van der Waals surface area (Å²) < 4.78 is 6.11. The van der Waals surface area contributed by atoms with Crippen molar-refractivity contribution in [3.8, 4) is 11.5 Å². The SMILES string of the molecule is Cc1nc(C(C)C2CC2)ccc1Oc1ccnc(Nc2cccc(CC(C)(C)C(=O)O)c2)c1. The molecule has 1 fully saturated rings. The molecule has 0 spiro atoms. The summed E-state index contributed by atoms with van der Waals surface area (Å²) in [5.41, 5.74) is 2.96. The number of rotatable bonds is 9. The van der Waals surface area contributed by atoms with Gasteiger partial charge in [0.1, 0.15) is 17.3 Å². The van der Waals surface area contributed by atoms with Crippen LogP contribution in [0.25, 0.3) is 0 Å². The predicted octanol–water partition coefficient (Wildman–Crippen LogP) is 6.49. The number of benzene rings is 1. The number of aromatic nitrogens is 2. The van der Waals surface area contributed by atoms with E-state index in [0.717, 1.165) is 34.3 Å². The Hall–Kier alpha value is -3.41. The summed E-state index contributed by atoms with van der Waals surface area (Å²) in [5, 5.41) is 12.7. The summed E-state index contributed by atoms with van der Waals surface area (Å²) in [7, 11) is 0. The third-order valence-electron chi connectivity index (χ3n) is 6.24. The van der Waals surface area contributed by atoms with Gasteiger partial charge in [-0.15, -0.1) is 0 Å². The molecule has 1 atom stereocenters. The summed E-state index contributed by atoms with van der Waals surface area (Å²) in [5.74, 6) is 2.50. The van der Waals surface area contributed by atoms with Gasteiger partial charge in [-0.2, -0.15) is 0 Å². The fourth-order valence-electron chi connectivity index (χ4n) is 3.93. The molecule has 2 heterocycles. The van der Waals surface area contributed by atoms with Crippen LogP contribution in [0.2, 0.25) is 0 Å². The van der Waals surface area contributed by atoms with Gasteiger partial charge in [0, 0.05) is 29.6 Å². The Morgan fingerprint density at radius 3 is 2.70 bits per heavy atom. The monoisotopic (exact) mass is 445 g/mol. The molecule has 1 aliphatic carbocycles. The second-order valence-electron chi connectivity index (χ2n) is 9.62. The van der Waals surface area contributed by atoms with Gasteiger partial charge >= 0.3 is 5.97 Å². The van der Waals surface area contributed by atoms with Crippen molar-refractivity contribution in [1.82, 2.24) is 9.97 Å². The zero-order valence-corrected chi connectivity index (χ0v) is 19.6. The highest BCUT2D eigenvalue weighted by Gasteiger charge is 2.30. The number of nitrogens with one attached hydrogen (secondary N) is 1. The molecular formula is C27H31N3O3. The summed E-state index contributed by atoms with van der Waals surface area (Å²) in [4.78, 5) is 20.6. The van der Waals surface area contributed by atoms with Crippen LogP contribution in [0.1, 0.15) is 56.5 Å². The number of hydrogen-bond acceptors (Lipinski definition) is 5. The van der Waals surface area contributed by atoms with Gasteiger partial charge in [0.15, 0.2) is 0 Å². The minimum atomic E-state index is -0.831. The zero-order chi connectivity index (χ0) is 23.6. The van der Waals surface area contributed by atoms with E-state index in [-0.39, 0.29) is 0 Å². The van der Waals surface area contributed by atoms with Crippen molar-refractivity contribution in [3.05, 3.63) is 71.7 Å². The van der Waals surface area contributed by atoms with Crippen LogP contribution in [0.4, 0.5) is 11.5 Å². The maximum Gasteiger partial charge on any atom is 0.309 e. The topological polar surface area (TPSA) is 84.3 Å². The van der Waals surface area contributed by atoms with E-state index in [1.54, 1.807) is 20.0 Å². The summed E-state index contributed by atoms with van der Waals surface area (Å²) in [6.45, 7) is 7.68. The lowest BCUT2D eigenvalue weighted by molar-refractivity contribution is -0.146. The van der Waals surface area contributed by atoms with Gasteiger partial charge in [0.25, 0.3) is 0 Å². The van der Waals surface area contributed by atoms with Crippen LogP contribution in [-0.2, 0) is 11.2 Å². The number of carboxylic acids is 1. The number of aryl methyl sites for hydroxylation is 1. The molecule has 0 amide bonds. The maximum atomic E-state index is 11.5. The van der Waals surface area contributed by atoms with Gasteiger partial charge in [0.2, 0.25) is 0 Å². The Kier molecular flexibility index (Phi) is 6.36. The molecule has 33 heavy (non-hydrogen) atoms. The van der Waals surface area contributed by atoms with Gasteiger partial charge in [-0.05, 0) is 81.8 Å². The van der Waals surface area contributed by atoms with Crippen LogP contribution in [0.5, 0.6) is 11.5 Å². The van der Waals surface area contributed by atoms with Crippen molar-refractivity contribution in [2.45, 2.75) is 52.9 Å². The third-order valence-corrected chi connectivity index (χ3v) is 6.24. The van der Waals surface area contributed by atoms with Crippen LogP contribution in [0.15, 0.2) is 54.7 Å². The molecule has 0 aliphatic heterocycles. The Labute approximate surface area is 195 Å². The van der Waals surface area contributed by atoms with Crippen LogP contribution in [-0.4, -0.2) is 21.0 Å². The van der Waals surface area contributed by atoms with Gasteiger partial charge in [-0.3, -0.25) is 9.78 Å². The van der Waals surface area contributed by atoms with Gasteiger partial charge in [-0.25, -0.2) is 4.98 Å². The van der Waals surface area contributed by atoms with Crippen LogP contribution < -0.4 is 10.1 Å². The van der Waals surface area contributed by atoms with Crippen molar-refractivity contribution in [1.29, 1.82) is 0 Å². The highest BCUT2D eigenvalue weighted by atomic mass is 16.5. The number of ether oxygens (including phenoxy) is 1. The second kappa shape index (κ2) is 9.22. The normalized spacial score (nSPS) is 14.5. The third kappa shape index (κ3) is 5.69. The average Bonchev–Trinajstić information content (AvgIpc) is 3.60. The molecule has 1 aromatic carbocycles. The first-order valence-electron chi connectivity index (χ1n) is 11.4. The van der Waals surface area contributed by atoms with Crippen LogP contribution in [0, 0.1) is 18.3 Å². The highest BCUT2D eigenvalue weighted by molar-refractivity contribution is 5.74. The van der Waals surface area contributed by atoms with Crippen molar-refractivity contribution < 1.29 is 14.6 Å². The Balaban J connectivity index is 1.45. The zero-order valence-electron chi connectivity index (χ0n) is 19.6. The molecule has 2 N–H and O–H groups in total. The lowest BCUT2D eigenvalue weighted by Crippen LogP contribution is -2.26. The number of nitrogens with zero attached hydrogens (tertiary/aromatic N) is 2. The lowest BCUT2D eigenvalue weighted by Gasteiger charge is -2.19. The van der Waals surface area contributed by atoms with Gasteiger partial charge in [-0.1, -0.05) is 19.1 Å². The number of pyridine rings is 2. The van der Waals surface area contributed by atoms with Crippen LogP contribution in [0.3, 0.4) is 0 Å². The number of anilines is 2. The Morgan fingerprint density at radius 2 is 2.00 bits per heavy atom. The molecule has 6 heteroatoms.